The van der Waals surface area contributed by atoms with Crippen molar-refractivity contribution in [2.24, 2.45) is 0 Å². The van der Waals surface area contributed by atoms with Crippen LogP contribution in [0, 0.1) is 0 Å². The van der Waals surface area contributed by atoms with Gasteiger partial charge in [-0.3, -0.25) is 9.69 Å². The molecule has 8 heteroatoms. The lowest BCUT2D eigenvalue weighted by atomic mass is 10.0. The average Bonchev–Trinajstić information content (AvgIpc) is 2.65. The molecule has 1 aromatic rings. The van der Waals surface area contributed by atoms with E-state index in [1.54, 1.807) is 0 Å². The topological polar surface area (TPSA) is 79.0 Å². The first-order valence-electron chi connectivity index (χ1n) is 9.98. The lowest BCUT2D eigenvalue weighted by molar-refractivity contribution is -0.126. The highest BCUT2D eigenvalue weighted by Crippen LogP contribution is 2.20. The van der Waals surface area contributed by atoms with E-state index in [-0.39, 0.29) is 30.4 Å². The molecule has 1 heterocycles. The molecule has 28 heavy (non-hydrogen) atoms. The fourth-order valence-electron chi connectivity index (χ4n) is 3.64. The van der Waals surface area contributed by atoms with Crippen molar-refractivity contribution in [3.8, 4) is 0 Å². The monoisotopic (exact) mass is 411 g/mol. The quantitative estimate of drug-likeness (QED) is 0.668. The zero-order valence-corrected chi connectivity index (χ0v) is 18.1. The molecule has 158 valence electrons. The molecule has 2 rings (SSSR count). The van der Waals surface area contributed by atoms with Crippen LogP contribution in [0.2, 0.25) is 0 Å². The van der Waals surface area contributed by atoms with Crippen LogP contribution in [-0.2, 0) is 19.6 Å². The Morgan fingerprint density at radius 1 is 1.18 bits per heavy atom. The minimum atomic E-state index is -3.44. The van der Waals surface area contributed by atoms with Crippen LogP contribution < -0.4 is 5.32 Å². The SMILES string of the molecule is CCN(CC)C(C(=O)NCCS(=O)(=O)N1CC(C)OC(C)C1)c1ccccc1. The van der Waals surface area contributed by atoms with Crippen LogP contribution >= 0.6 is 0 Å². The van der Waals surface area contributed by atoms with Crippen LogP contribution in [0.25, 0.3) is 0 Å². The first-order chi connectivity index (χ1) is 13.3. The molecule has 0 radical (unpaired) electrons. The molecule has 0 spiro atoms. The van der Waals surface area contributed by atoms with Crippen molar-refractivity contribution >= 4 is 15.9 Å². The van der Waals surface area contributed by atoms with Crippen molar-refractivity contribution in [1.29, 1.82) is 0 Å². The van der Waals surface area contributed by atoms with E-state index in [9.17, 15) is 13.2 Å². The summed E-state index contributed by atoms with van der Waals surface area (Å²) in [4.78, 5) is 14.9. The second kappa shape index (κ2) is 10.3. The number of sulfonamides is 1. The summed E-state index contributed by atoms with van der Waals surface area (Å²) in [7, 11) is -3.44. The van der Waals surface area contributed by atoms with Crippen LogP contribution in [0.15, 0.2) is 30.3 Å². The molecule has 7 nitrogen and oxygen atoms in total. The van der Waals surface area contributed by atoms with Crippen molar-refractivity contribution in [2.75, 3.05) is 38.5 Å². The Balaban J connectivity index is 2.00. The summed E-state index contributed by atoms with van der Waals surface area (Å²) in [5.74, 6) is -0.286. The van der Waals surface area contributed by atoms with E-state index in [0.29, 0.717) is 13.1 Å². The van der Waals surface area contributed by atoms with Gasteiger partial charge in [0.25, 0.3) is 0 Å². The number of carbonyl (C=O) groups is 1. The molecule has 1 aliphatic heterocycles. The minimum absolute atomic E-state index is 0.0892. The molecule has 0 bridgehead atoms. The van der Waals surface area contributed by atoms with Crippen molar-refractivity contribution in [1.82, 2.24) is 14.5 Å². The smallest absolute Gasteiger partial charge is 0.241 e. The van der Waals surface area contributed by atoms with Crippen molar-refractivity contribution < 1.29 is 17.9 Å². The van der Waals surface area contributed by atoms with E-state index < -0.39 is 16.1 Å². The van der Waals surface area contributed by atoms with Crippen molar-refractivity contribution in [2.45, 2.75) is 45.9 Å². The number of morpholine rings is 1. The van der Waals surface area contributed by atoms with E-state index in [0.717, 1.165) is 18.7 Å². The van der Waals surface area contributed by atoms with Gasteiger partial charge < -0.3 is 10.1 Å². The maximum Gasteiger partial charge on any atom is 0.241 e. The number of rotatable bonds is 9. The molecule has 0 saturated carbocycles. The number of nitrogens with one attached hydrogen (secondary N) is 1. The van der Waals surface area contributed by atoms with E-state index in [4.69, 9.17) is 4.74 Å². The summed E-state index contributed by atoms with van der Waals surface area (Å²) in [6.45, 7) is 10.0. The predicted octanol–water partition coefficient (Wildman–Crippen LogP) is 1.62. The van der Waals surface area contributed by atoms with Gasteiger partial charge >= 0.3 is 0 Å². The molecule has 0 aromatic heterocycles. The molecule has 1 fully saturated rings. The van der Waals surface area contributed by atoms with E-state index in [1.807, 2.05) is 58.0 Å². The summed E-state index contributed by atoms with van der Waals surface area (Å²) in [6.07, 6.45) is -0.253. The van der Waals surface area contributed by atoms with Crippen LogP contribution in [0.3, 0.4) is 0 Å². The zero-order valence-electron chi connectivity index (χ0n) is 17.3. The van der Waals surface area contributed by atoms with Gasteiger partial charge in [0, 0.05) is 19.6 Å². The molecule has 1 aliphatic rings. The molecule has 1 aromatic carbocycles. The van der Waals surface area contributed by atoms with Gasteiger partial charge in [-0.05, 0) is 32.5 Å². The van der Waals surface area contributed by atoms with Crippen molar-refractivity contribution in [3.63, 3.8) is 0 Å². The Morgan fingerprint density at radius 2 is 1.75 bits per heavy atom. The number of hydrogen-bond donors (Lipinski definition) is 1. The fraction of sp³-hybridized carbons (Fsp3) is 0.650. The molecule has 1 amide bonds. The van der Waals surface area contributed by atoms with Gasteiger partial charge in [0.05, 0.1) is 18.0 Å². The summed E-state index contributed by atoms with van der Waals surface area (Å²) in [6, 6.07) is 9.15. The Bertz CT molecular complexity index is 712. The molecule has 0 aliphatic carbocycles. The third-order valence-electron chi connectivity index (χ3n) is 4.98. The molecule has 3 atom stereocenters. The van der Waals surface area contributed by atoms with Crippen molar-refractivity contribution in [3.05, 3.63) is 35.9 Å². The average molecular weight is 412 g/mol. The maximum atomic E-state index is 12.9. The van der Waals surface area contributed by atoms with Crippen LogP contribution in [0.4, 0.5) is 0 Å². The zero-order chi connectivity index (χ0) is 20.7. The summed E-state index contributed by atoms with van der Waals surface area (Å²) >= 11 is 0. The predicted molar refractivity (Wildman–Crippen MR) is 110 cm³/mol. The van der Waals surface area contributed by atoms with E-state index in [2.05, 4.69) is 10.2 Å². The standard InChI is InChI=1S/C20H33N3O4S/c1-5-22(6-2)19(18-10-8-7-9-11-18)20(24)21-12-13-28(25,26)23-14-16(3)27-17(4)15-23/h7-11,16-17,19H,5-6,12-15H2,1-4H3,(H,21,24). The number of nitrogens with zero attached hydrogens (tertiary/aromatic N) is 2. The summed E-state index contributed by atoms with van der Waals surface area (Å²) in [5, 5.41) is 2.83. The third-order valence-corrected chi connectivity index (χ3v) is 6.78. The fourth-order valence-corrected chi connectivity index (χ4v) is 5.13. The number of benzene rings is 1. The van der Waals surface area contributed by atoms with Gasteiger partial charge in [-0.1, -0.05) is 44.2 Å². The van der Waals surface area contributed by atoms with Crippen LogP contribution in [-0.4, -0.2) is 74.2 Å². The first kappa shape index (κ1) is 22.8. The Labute approximate surface area is 169 Å². The molecular formula is C20H33N3O4S. The number of amides is 1. The number of likely N-dealkylation sites (N-methyl/N-ethyl adjacent to an activating group) is 1. The van der Waals surface area contributed by atoms with Gasteiger partial charge in [-0.2, -0.15) is 4.31 Å². The van der Waals surface area contributed by atoms with Crippen LogP contribution in [0.1, 0.15) is 39.3 Å². The summed E-state index contributed by atoms with van der Waals surface area (Å²) < 4.78 is 32.4. The van der Waals surface area contributed by atoms with Crippen LogP contribution in [0.5, 0.6) is 0 Å². The van der Waals surface area contributed by atoms with E-state index >= 15 is 0 Å². The highest BCUT2D eigenvalue weighted by molar-refractivity contribution is 7.89. The number of hydrogen-bond acceptors (Lipinski definition) is 5. The maximum absolute atomic E-state index is 12.9. The lowest BCUT2D eigenvalue weighted by Gasteiger charge is -2.34. The minimum Gasteiger partial charge on any atom is -0.373 e. The third kappa shape index (κ3) is 6.01. The Kier molecular flexibility index (Phi) is 8.42. The number of ether oxygens (including phenoxy) is 1. The van der Waals surface area contributed by atoms with E-state index in [1.165, 1.54) is 4.31 Å². The lowest BCUT2D eigenvalue weighted by Crippen LogP contribution is -2.50. The Morgan fingerprint density at radius 3 is 2.29 bits per heavy atom. The normalized spacial score (nSPS) is 22.2. The molecule has 1 N–H and O–H groups in total. The highest BCUT2D eigenvalue weighted by Gasteiger charge is 2.31. The second-order valence-electron chi connectivity index (χ2n) is 7.22. The second-order valence-corrected chi connectivity index (χ2v) is 9.30. The largest absolute Gasteiger partial charge is 0.373 e. The van der Waals surface area contributed by atoms with Gasteiger partial charge in [0.15, 0.2) is 0 Å². The summed E-state index contributed by atoms with van der Waals surface area (Å²) in [5.41, 5.74) is 0.905. The van der Waals surface area contributed by atoms with Gasteiger partial charge in [0.1, 0.15) is 6.04 Å². The Hall–Kier alpha value is -1.48. The number of carbonyl (C=O) groups excluding carboxylic acids is 1. The molecule has 3 unspecified atom stereocenters. The first-order valence-corrected chi connectivity index (χ1v) is 11.6. The molecular weight excluding hydrogens is 378 g/mol. The van der Waals surface area contributed by atoms with Gasteiger partial charge in [0.2, 0.25) is 15.9 Å². The highest BCUT2D eigenvalue weighted by atomic mass is 32.2. The van der Waals surface area contributed by atoms with Gasteiger partial charge in [-0.25, -0.2) is 8.42 Å². The van der Waals surface area contributed by atoms with Gasteiger partial charge in [-0.15, -0.1) is 0 Å². The molecule has 1 saturated heterocycles.